The molecule has 1 atom stereocenters. The molecule has 0 spiro atoms. The number of hydrogen-bond donors (Lipinski definition) is 3. The molecule has 32 heavy (non-hydrogen) atoms. The highest BCUT2D eigenvalue weighted by atomic mass is 19.1. The summed E-state index contributed by atoms with van der Waals surface area (Å²) >= 11 is 0. The van der Waals surface area contributed by atoms with Gasteiger partial charge in [0.25, 0.3) is 5.91 Å². The molecule has 1 amide bonds. The SMILES string of the molecule is Cc1cc(NC(=O)[C@H](O)C2=C/C(F)=C\CC/C=C\2)ccc1-c1cn(C)c2ncnc(N)c12. The molecular weight excluding hydrogens is 409 g/mol. The quantitative estimate of drug-likeness (QED) is 0.578. The van der Waals surface area contributed by atoms with Gasteiger partial charge in [-0.1, -0.05) is 18.2 Å². The number of halogens is 1. The Hall–Kier alpha value is -3.78. The molecule has 164 valence electrons. The number of rotatable bonds is 4. The summed E-state index contributed by atoms with van der Waals surface area (Å²) in [6.45, 7) is 1.92. The Morgan fingerprint density at radius 2 is 2.09 bits per heavy atom. The first-order valence-corrected chi connectivity index (χ1v) is 10.2. The number of fused-ring (bicyclic) bond motifs is 1. The maximum atomic E-state index is 13.8. The lowest BCUT2D eigenvalue weighted by Crippen LogP contribution is -2.29. The number of carbonyl (C=O) groups is 1. The second kappa shape index (κ2) is 8.76. The van der Waals surface area contributed by atoms with Crippen LogP contribution in [0.5, 0.6) is 0 Å². The van der Waals surface area contributed by atoms with Crippen molar-refractivity contribution in [1.82, 2.24) is 14.5 Å². The molecule has 0 radical (unpaired) electrons. The van der Waals surface area contributed by atoms with E-state index in [1.807, 2.05) is 42.9 Å². The third-order valence-corrected chi connectivity index (χ3v) is 5.42. The van der Waals surface area contributed by atoms with Crippen molar-refractivity contribution < 1.29 is 14.3 Å². The number of amides is 1. The van der Waals surface area contributed by atoms with Crippen LogP contribution in [0, 0.1) is 6.92 Å². The van der Waals surface area contributed by atoms with Gasteiger partial charge in [0, 0.05) is 24.5 Å². The number of hydrogen-bond acceptors (Lipinski definition) is 5. The minimum atomic E-state index is -1.49. The number of aryl methyl sites for hydroxylation is 2. The average Bonchev–Trinajstić information content (AvgIpc) is 3.08. The average molecular weight is 433 g/mol. The van der Waals surface area contributed by atoms with E-state index in [2.05, 4.69) is 15.3 Å². The summed E-state index contributed by atoms with van der Waals surface area (Å²) in [7, 11) is 1.89. The molecule has 1 aromatic carbocycles. The van der Waals surface area contributed by atoms with Crippen molar-refractivity contribution in [2.75, 3.05) is 11.1 Å². The number of nitrogen functional groups attached to an aromatic ring is 1. The van der Waals surface area contributed by atoms with Gasteiger partial charge in [0.05, 0.1) is 5.39 Å². The van der Waals surface area contributed by atoms with E-state index in [0.29, 0.717) is 24.3 Å². The van der Waals surface area contributed by atoms with Crippen molar-refractivity contribution >= 4 is 28.4 Å². The second-order valence-corrected chi connectivity index (χ2v) is 7.75. The van der Waals surface area contributed by atoms with Crippen LogP contribution in [0.2, 0.25) is 0 Å². The van der Waals surface area contributed by atoms with Gasteiger partial charge in [-0.3, -0.25) is 4.79 Å². The minimum absolute atomic E-state index is 0.204. The topological polar surface area (TPSA) is 106 Å². The fourth-order valence-electron chi connectivity index (χ4n) is 3.82. The number of anilines is 2. The highest BCUT2D eigenvalue weighted by Gasteiger charge is 2.20. The number of benzene rings is 1. The first kappa shape index (κ1) is 21.5. The lowest BCUT2D eigenvalue weighted by atomic mass is 10.00. The molecule has 0 fully saturated rings. The largest absolute Gasteiger partial charge is 0.383 e. The lowest BCUT2D eigenvalue weighted by molar-refractivity contribution is -0.122. The second-order valence-electron chi connectivity index (χ2n) is 7.75. The fourth-order valence-corrected chi connectivity index (χ4v) is 3.82. The fraction of sp³-hybridized carbons (Fsp3) is 0.208. The van der Waals surface area contributed by atoms with Crippen molar-refractivity contribution in [3.05, 3.63) is 72.0 Å². The van der Waals surface area contributed by atoms with Crippen molar-refractivity contribution in [3.8, 4) is 11.1 Å². The standard InChI is InChI=1S/C24H24FN5O2/c1-14-10-17(29-24(32)21(31)15-6-4-3-5-7-16(25)11-15)8-9-18(14)19-12-30(2)23-20(19)22(26)27-13-28-23/h4,6-13,21,31H,3,5H2,1-2H3,(H,29,32)(H2,26,27,28)/b6-4-,15-11+,16-7+/t21-/m1/s1. The predicted molar refractivity (Wildman–Crippen MR) is 123 cm³/mol. The van der Waals surface area contributed by atoms with Gasteiger partial charge in [-0.15, -0.1) is 0 Å². The molecule has 0 unspecified atom stereocenters. The number of nitrogens with one attached hydrogen (secondary N) is 1. The number of nitrogens with two attached hydrogens (primary N) is 1. The molecule has 2 heterocycles. The normalized spacial score (nSPS) is 19.2. The molecule has 3 aromatic rings. The van der Waals surface area contributed by atoms with Gasteiger partial charge in [0.1, 0.15) is 23.6 Å². The third-order valence-electron chi connectivity index (χ3n) is 5.42. The highest BCUT2D eigenvalue weighted by Crippen LogP contribution is 2.34. The van der Waals surface area contributed by atoms with E-state index in [1.54, 1.807) is 12.1 Å². The summed E-state index contributed by atoms with van der Waals surface area (Å²) in [4.78, 5) is 21.0. The predicted octanol–water partition coefficient (Wildman–Crippen LogP) is 3.96. The molecule has 2 aromatic heterocycles. The maximum Gasteiger partial charge on any atom is 0.257 e. The van der Waals surface area contributed by atoms with Gasteiger partial charge in [-0.05, 0) is 60.8 Å². The zero-order chi connectivity index (χ0) is 22.8. The zero-order valence-corrected chi connectivity index (χ0v) is 17.8. The van der Waals surface area contributed by atoms with Crippen LogP contribution in [0.25, 0.3) is 22.2 Å². The number of aliphatic hydroxyl groups is 1. The molecule has 4 rings (SSSR count). The number of aromatic nitrogens is 3. The molecule has 7 nitrogen and oxygen atoms in total. The number of allylic oxidation sites excluding steroid dienone is 4. The van der Waals surface area contributed by atoms with Crippen LogP contribution < -0.4 is 11.1 Å². The van der Waals surface area contributed by atoms with Crippen molar-refractivity contribution in [1.29, 1.82) is 0 Å². The van der Waals surface area contributed by atoms with E-state index in [9.17, 15) is 14.3 Å². The summed E-state index contributed by atoms with van der Waals surface area (Å²) in [5, 5.41) is 13.9. The number of aliphatic hydroxyl groups excluding tert-OH is 1. The number of nitrogens with zero attached hydrogens (tertiary/aromatic N) is 3. The number of carbonyl (C=O) groups excluding carboxylic acids is 1. The Kier molecular flexibility index (Phi) is 5.87. The summed E-state index contributed by atoms with van der Waals surface area (Å²) in [6, 6.07) is 5.42. The van der Waals surface area contributed by atoms with Crippen LogP contribution in [0.1, 0.15) is 18.4 Å². The maximum absolute atomic E-state index is 13.8. The van der Waals surface area contributed by atoms with E-state index in [1.165, 1.54) is 18.5 Å². The van der Waals surface area contributed by atoms with Crippen molar-refractivity contribution in [2.24, 2.45) is 7.05 Å². The Bertz CT molecular complexity index is 1290. The summed E-state index contributed by atoms with van der Waals surface area (Å²) < 4.78 is 15.7. The van der Waals surface area contributed by atoms with Crippen molar-refractivity contribution in [2.45, 2.75) is 25.9 Å². The lowest BCUT2D eigenvalue weighted by Gasteiger charge is -2.15. The smallest absolute Gasteiger partial charge is 0.257 e. The van der Waals surface area contributed by atoms with Crippen LogP contribution in [0.3, 0.4) is 0 Å². The monoisotopic (exact) mass is 433 g/mol. The molecule has 0 saturated heterocycles. The molecule has 0 bridgehead atoms. The van der Waals surface area contributed by atoms with Gasteiger partial charge in [0.15, 0.2) is 6.10 Å². The summed E-state index contributed by atoms with van der Waals surface area (Å²) in [6.07, 6.45) is 9.11. The molecular formula is C24H24FN5O2. The molecule has 0 saturated carbocycles. The summed E-state index contributed by atoms with van der Waals surface area (Å²) in [5.74, 6) is -0.703. The van der Waals surface area contributed by atoms with E-state index < -0.39 is 17.8 Å². The van der Waals surface area contributed by atoms with Crippen LogP contribution in [-0.4, -0.2) is 31.7 Å². The van der Waals surface area contributed by atoms with Gasteiger partial charge < -0.3 is 20.7 Å². The van der Waals surface area contributed by atoms with Crippen LogP contribution in [0.15, 0.2) is 66.4 Å². The van der Waals surface area contributed by atoms with E-state index in [-0.39, 0.29) is 5.57 Å². The Morgan fingerprint density at radius 3 is 2.88 bits per heavy atom. The first-order valence-electron chi connectivity index (χ1n) is 10.2. The summed E-state index contributed by atoms with van der Waals surface area (Å²) in [5.41, 5.74) is 10.3. The Labute approximate surface area is 184 Å². The van der Waals surface area contributed by atoms with E-state index in [4.69, 9.17) is 5.73 Å². The van der Waals surface area contributed by atoms with Gasteiger partial charge >= 0.3 is 0 Å². The van der Waals surface area contributed by atoms with Crippen LogP contribution in [0.4, 0.5) is 15.9 Å². The van der Waals surface area contributed by atoms with E-state index in [0.717, 1.165) is 27.7 Å². The Balaban J connectivity index is 1.59. The molecule has 1 aliphatic carbocycles. The zero-order valence-electron chi connectivity index (χ0n) is 17.8. The molecule has 8 heteroatoms. The Morgan fingerprint density at radius 1 is 1.28 bits per heavy atom. The van der Waals surface area contributed by atoms with Gasteiger partial charge in [-0.25, -0.2) is 14.4 Å². The van der Waals surface area contributed by atoms with Crippen LogP contribution >= 0.6 is 0 Å². The van der Waals surface area contributed by atoms with Gasteiger partial charge in [-0.2, -0.15) is 0 Å². The van der Waals surface area contributed by atoms with Crippen LogP contribution in [-0.2, 0) is 11.8 Å². The van der Waals surface area contributed by atoms with Gasteiger partial charge in [0.2, 0.25) is 0 Å². The highest BCUT2D eigenvalue weighted by molar-refractivity contribution is 6.02. The molecule has 4 N–H and O–H groups in total. The van der Waals surface area contributed by atoms with Crippen molar-refractivity contribution in [3.63, 3.8) is 0 Å². The minimum Gasteiger partial charge on any atom is -0.383 e. The molecule has 1 aliphatic rings. The third kappa shape index (κ3) is 4.17. The van der Waals surface area contributed by atoms with E-state index >= 15 is 0 Å². The first-order chi connectivity index (χ1) is 15.3. The molecule has 0 aliphatic heterocycles.